The summed E-state index contributed by atoms with van der Waals surface area (Å²) in [7, 11) is 0. The molecule has 1 aromatic rings. The smallest absolute Gasteiger partial charge is 0.305 e. The van der Waals surface area contributed by atoms with Gasteiger partial charge in [-0.25, -0.2) is 0 Å². The van der Waals surface area contributed by atoms with Crippen molar-refractivity contribution in [2.45, 2.75) is 45.6 Å². The molecule has 7 nitrogen and oxygen atoms in total. The number of hydrogen-bond acceptors (Lipinski definition) is 4. The van der Waals surface area contributed by atoms with Crippen molar-refractivity contribution in [1.29, 1.82) is 0 Å². The number of carboxylic acid groups (broad SMARTS) is 1. The first-order valence-electron chi connectivity index (χ1n) is 8.69. The molecule has 0 aliphatic carbocycles. The minimum atomic E-state index is -0.975. The fourth-order valence-corrected chi connectivity index (χ4v) is 2.58. The summed E-state index contributed by atoms with van der Waals surface area (Å²) in [5, 5.41) is 11.2. The average Bonchev–Trinajstić information content (AvgIpc) is 2.60. The second-order valence-corrected chi connectivity index (χ2v) is 6.08. The lowest BCUT2D eigenvalue weighted by molar-refractivity contribution is -0.137. The molecule has 0 saturated carbocycles. The molecule has 1 aromatic carbocycles. The molecule has 1 atom stereocenters. The fourth-order valence-electron chi connectivity index (χ4n) is 2.58. The number of amides is 2. The molecule has 0 spiro atoms. The van der Waals surface area contributed by atoms with Crippen molar-refractivity contribution < 1.29 is 24.3 Å². The molecule has 0 unspecified atom stereocenters. The summed E-state index contributed by atoms with van der Waals surface area (Å²) in [5.41, 5.74) is 1.44. The van der Waals surface area contributed by atoms with E-state index in [0.717, 1.165) is 18.3 Å². The Kier molecular flexibility index (Phi) is 9.05. The van der Waals surface area contributed by atoms with Gasteiger partial charge in [0.2, 0.25) is 11.8 Å². The van der Waals surface area contributed by atoms with Crippen LogP contribution in [0.1, 0.15) is 37.8 Å². The summed E-state index contributed by atoms with van der Waals surface area (Å²) in [5.74, 6) is -1.43. The summed E-state index contributed by atoms with van der Waals surface area (Å²) in [6.07, 6.45) is 1.53. The van der Waals surface area contributed by atoms with Crippen LogP contribution >= 0.6 is 0 Å². The van der Waals surface area contributed by atoms with E-state index in [1.54, 1.807) is 31.2 Å². The van der Waals surface area contributed by atoms with Gasteiger partial charge >= 0.3 is 5.97 Å². The monoisotopic (exact) mass is 362 g/mol. The van der Waals surface area contributed by atoms with Crippen LogP contribution in [0.15, 0.2) is 24.3 Å². The van der Waals surface area contributed by atoms with Gasteiger partial charge in [0, 0.05) is 13.1 Å². The van der Waals surface area contributed by atoms with Crippen molar-refractivity contribution in [2.24, 2.45) is 0 Å². The molecule has 0 aliphatic heterocycles. The van der Waals surface area contributed by atoms with E-state index in [2.05, 4.69) is 5.32 Å². The highest BCUT2D eigenvalue weighted by Crippen LogP contribution is 2.13. The fraction of sp³-hybridized carbons (Fsp3) is 0.474. The normalized spacial score (nSPS) is 11.5. The number of rotatable bonds is 11. The SMILES string of the molecule is CCCN(C(=O)Cc1ccccc1CC(=O)NCCC(=O)O)[C@@H](C)C=O. The Morgan fingerprint density at radius 2 is 1.81 bits per heavy atom. The maximum Gasteiger partial charge on any atom is 0.305 e. The Morgan fingerprint density at radius 1 is 1.19 bits per heavy atom. The second-order valence-electron chi connectivity index (χ2n) is 6.08. The van der Waals surface area contributed by atoms with Crippen LogP contribution in [0.25, 0.3) is 0 Å². The topological polar surface area (TPSA) is 104 Å². The zero-order chi connectivity index (χ0) is 19.5. The summed E-state index contributed by atoms with van der Waals surface area (Å²) < 4.78 is 0. The number of carboxylic acids is 1. The number of carbonyl (C=O) groups excluding carboxylic acids is 3. The Bertz CT molecular complexity index is 645. The second kappa shape index (κ2) is 11.0. The molecule has 26 heavy (non-hydrogen) atoms. The lowest BCUT2D eigenvalue weighted by Gasteiger charge is -2.25. The van der Waals surface area contributed by atoms with Crippen LogP contribution in [0.2, 0.25) is 0 Å². The number of nitrogens with zero attached hydrogens (tertiary/aromatic N) is 1. The van der Waals surface area contributed by atoms with Gasteiger partial charge in [-0.05, 0) is 24.5 Å². The molecule has 0 aromatic heterocycles. The highest BCUT2D eigenvalue weighted by molar-refractivity contribution is 5.83. The summed E-state index contributed by atoms with van der Waals surface area (Å²) >= 11 is 0. The molecule has 0 radical (unpaired) electrons. The molecule has 0 saturated heterocycles. The zero-order valence-corrected chi connectivity index (χ0v) is 15.2. The minimum Gasteiger partial charge on any atom is -0.481 e. The van der Waals surface area contributed by atoms with Crippen molar-refractivity contribution >= 4 is 24.1 Å². The van der Waals surface area contributed by atoms with Crippen molar-refractivity contribution in [1.82, 2.24) is 10.2 Å². The number of carbonyl (C=O) groups is 4. The van der Waals surface area contributed by atoms with E-state index in [9.17, 15) is 19.2 Å². The van der Waals surface area contributed by atoms with Gasteiger partial charge in [0.1, 0.15) is 6.29 Å². The van der Waals surface area contributed by atoms with Crippen LogP contribution in [0, 0.1) is 0 Å². The van der Waals surface area contributed by atoms with Crippen molar-refractivity contribution in [3.05, 3.63) is 35.4 Å². The third-order valence-electron chi connectivity index (χ3n) is 3.95. The molecular formula is C19H26N2O5. The number of nitrogens with one attached hydrogen (secondary N) is 1. The number of hydrogen-bond donors (Lipinski definition) is 2. The van der Waals surface area contributed by atoms with Crippen LogP contribution in [-0.2, 0) is 32.0 Å². The highest BCUT2D eigenvalue weighted by atomic mass is 16.4. The first-order valence-corrected chi connectivity index (χ1v) is 8.69. The molecule has 142 valence electrons. The lowest BCUT2D eigenvalue weighted by atomic mass is 10.0. The summed E-state index contributed by atoms with van der Waals surface area (Å²) in [6.45, 7) is 4.18. The molecule has 0 fully saturated rings. The zero-order valence-electron chi connectivity index (χ0n) is 15.2. The number of benzene rings is 1. The van der Waals surface area contributed by atoms with E-state index in [-0.39, 0.29) is 37.6 Å². The Labute approximate surface area is 153 Å². The van der Waals surface area contributed by atoms with E-state index in [0.29, 0.717) is 12.1 Å². The predicted molar refractivity (Wildman–Crippen MR) is 96.6 cm³/mol. The largest absolute Gasteiger partial charge is 0.481 e. The molecule has 0 bridgehead atoms. The molecule has 0 heterocycles. The van der Waals surface area contributed by atoms with E-state index in [4.69, 9.17) is 5.11 Å². The first-order chi connectivity index (χ1) is 12.4. The van der Waals surface area contributed by atoms with Gasteiger partial charge in [-0.1, -0.05) is 31.2 Å². The Balaban J connectivity index is 2.78. The van der Waals surface area contributed by atoms with Gasteiger partial charge in [0.05, 0.1) is 25.3 Å². The van der Waals surface area contributed by atoms with Crippen LogP contribution in [-0.4, -0.2) is 53.2 Å². The van der Waals surface area contributed by atoms with E-state index < -0.39 is 12.0 Å². The molecule has 7 heteroatoms. The van der Waals surface area contributed by atoms with Crippen molar-refractivity contribution in [3.8, 4) is 0 Å². The standard InChI is InChI=1S/C19H26N2O5/c1-3-10-21(14(2)13-22)18(24)12-16-7-5-4-6-15(16)11-17(23)20-9-8-19(25)26/h4-7,13-14H,3,8-12H2,1-2H3,(H,20,23)(H,25,26)/t14-/m0/s1. The molecule has 1 rings (SSSR count). The lowest BCUT2D eigenvalue weighted by Crippen LogP contribution is -2.41. The molecular weight excluding hydrogens is 336 g/mol. The summed E-state index contributed by atoms with van der Waals surface area (Å²) in [4.78, 5) is 47.6. The van der Waals surface area contributed by atoms with E-state index in [1.165, 1.54) is 4.90 Å². The summed E-state index contributed by atoms with van der Waals surface area (Å²) in [6, 6.07) is 6.64. The first kappa shape index (κ1) is 21.3. The Morgan fingerprint density at radius 3 is 2.35 bits per heavy atom. The van der Waals surface area contributed by atoms with Gasteiger partial charge in [-0.15, -0.1) is 0 Å². The van der Waals surface area contributed by atoms with Crippen LogP contribution in [0.5, 0.6) is 0 Å². The van der Waals surface area contributed by atoms with Crippen LogP contribution in [0.4, 0.5) is 0 Å². The number of aliphatic carboxylic acids is 1. The predicted octanol–water partition coefficient (Wildman–Crippen LogP) is 1.19. The average molecular weight is 362 g/mol. The van der Waals surface area contributed by atoms with Gasteiger partial charge < -0.3 is 20.1 Å². The quantitative estimate of drug-likeness (QED) is 0.576. The maximum absolute atomic E-state index is 12.6. The Hall–Kier alpha value is -2.70. The molecule has 2 amide bonds. The third-order valence-corrected chi connectivity index (χ3v) is 3.95. The van der Waals surface area contributed by atoms with Gasteiger partial charge in [-0.3, -0.25) is 14.4 Å². The van der Waals surface area contributed by atoms with Crippen molar-refractivity contribution in [2.75, 3.05) is 13.1 Å². The van der Waals surface area contributed by atoms with Gasteiger partial charge in [-0.2, -0.15) is 0 Å². The van der Waals surface area contributed by atoms with Crippen LogP contribution in [0.3, 0.4) is 0 Å². The minimum absolute atomic E-state index is 0.0659. The van der Waals surface area contributed by atoms with Crippen LogP contribution < -0.4 is 5.32 Å². The third kappa shape index (κ3) is 7.04. The maximum atomic E-state index is 12.6. The highest BCUT2D eigenvalue weighted by Gasteiger charge is 2.20. The number of aldehydes is 1. The van der Waals surface area contributed by atoms with Gasteiger partial charge in [0.15, 0.2) is 0 Å². The van der Waals surface area contributed by atoms with Gasteiger partial charge in [0.25, 0.3) is 0 Å². The molecule has 0 aliphatic rings. The molecule has 2 N–H and O–H groups in total. The van der Waals surface area contributed by atoms with E-state index >= 15 is 0 Å². The van der Waals surface area contributed by atoms with Crippen molar-refractivity contribution in [3.63, 3.8) is 0 Å². The van der Waals surface area contributed by atoms with E-state index in [1.807, 2.05) is 6.92 Å².